The van der Waals surface area contributed by atoms with E-state index in [1.165, 1.54) is 10.9 Å². The molecule has 1 amide bonds. The largest absolute Gasteiger partial charge is 0.324 e. The summed E-state index contributed by atoms with van der Waals surface area (Å²) in [6.07, 6.45) is 1.47. The third kappa shape index (κ3) is 4.87. The molecule has 0 saturated heterocycles. The molecule has 0 bridgehead atoms. The number of halogens is 2. The Bertz CT molecular complexity index is 1280. The van der Waals surface area contributed by atoms with Crippen LogP contribution in [0, 0.1) is 20.8 Å². The summed E-state index contributed by atoms with van der Waals surface area (Å²) in [6.45, 7) is 5.63. The van der Waals surface area contributed by atoms with Crippen LogP contribution in [-0.4, -0.2) is 30.6 Å². The van der Waals surface area contributed by atoms with E-state index in [9.17, 15) is 4.79 Å². The summed E-state index contributed by atoms with van der Waals surface area (Å²) < 4.78 is 1.47. The molecule has 0 saturated carbocycles. The Labute approximate surface area is 194 Å². The molecule has 0 unspecified atom stereocenters. The third-order valence-corrected chi connectivity index (χ3v) is 4.93. The van der Waals surface area contributed by atoms with Gasteiger partial charge in [-0.1, -0.05) is 23.2 Å². The first-order chi connectivity index (χ1) is 15.3. The molecule has 4 aromatic rings. The molecule has 0 radical (unpaired) electrons. The third-order valence-electron chi connectivity index (χ3n) is 4.45. The number of nitrogens with zero attached hydrogens (tertiary/aromatic N) is 5. The molecule has 10 heteroatoms. The average Bonchev–Trinajstić information content (AvgIpc) is 3.07. The maximum absolute atomic E-state index is 12.8. The fourth-order valence-electron chi connectivity index (χ4n) is 3.12. The quantitative estimate of drug-likeness (QED) is 0.413. The zero-order valence-corrected chi connectivity index (χ0v) is 19.0. The highest BCUT2D eigenvalue weighted by atomic mass is 35.5. The summed E-state index contributed by atoms with van der Waals surface area (Å²) in [5.41, 5.74) is 3.68. The molecule has 2 N–H and O–H groups in total. The Balaban J connectivity index is 1.52. The number of hydrogen-bond acceptors (Lipinski definition) is 6. The van der Waals surface area contributed by atoms with E-state index in [2.05, 4.69) is 30.7 Å². The number of aromatic nitrogens is 5. The second-order valence-corrected chi connectivity index (χ2v) is 8.02. The van der Waals surface area contributed by atoms with Crippen molar-refractivity contribution in [1.29, 1.82) is 0 Å². The lowest BCUT2D eigenvalue weighted by atomic mass is 10.2. The van der Waals surface area contributed by atoms with Crippen molar-refractivity contribution in [2.45, 2.75) is 20.8 Å². The number of pyridine rings is 1. The Morgan fingerprint density at radius 3 is 2.28 bits per heavy atom. The van der Waals surface area contributed by atoms with Crippen LogP contribution >= 0.6 is 23.2 Å². The molecule has 1 aromatic carbocycles. The minimum Gasteiger partial charge on any atom is -0.324 e. The van der Waals surface area contributed by atoms with Crippen LogP contribution in [0.3, 0.4) is 0 Å². The van der Waals surface area contributed by atoms with Crippen LogP contribution in [0.5, 0.6) is 0 Å². The predicted molar refractivity (Wildman–Crippen MR) is 125 cm³/mol. The van der Waals surface area contributed by atoms with Gasteiger partial charge in [0.15, 0.2) is 5.82 Å². The predicted octanol–water partition coefficient (Wildman–Crippen LogP) is 5.29. The van der Waals surface area contributed by atoms with Gasteiger partial charge in [-0.05, 0) is 57.2 Å². The second-order valence-electron chi connectivity index (χ2n) is 7.17. The van der Waals surface area contributed by atoms with E-state index < -0.39 is 0 Å². The van der Waals surface area contributed by atoms with Crippen LogP contribution in [-0.2, 0) is 0 Å². The van der Waals surface area contributed by atoms with Crippen molar-refractivity contribution in [2.75, 3.05) is 10.6 Å². The SMILES string of the molecule is Cc1cc(C)nc(Nc2ccc(C(=O)Nc3cc(C)nn3-c3ncc(Cl)cc3Cl)cc2)n1. The van der Waals surface area contributed by atoms with Gasteiger partial charge in [0.2, 0.25) is 5.95 Å². The summed E-state index contributed by atoms with van der Waals surface area (Å²) in [5.74, 6) is 1.01. The number of aryl methyl sites for hydroxylation is 3. The molecule has 0 aliphatic carbocycles. The van der Waals surface area contributed by atoms with E-state index in [0.29, 0.717) is 38.9 Å². The lowest BCUT2D eigenvalue weighted by Crippen LogP contribution is -2.15. The first kappa shape index (κ1) is 21.7. The highest BCUT2D eigenvalue weighted by Gasteiger charge is 2.16. The fraction of sp³-hybridized carbons (Fsp3) is 0.136. The highest BCUT2D eigenvalue weighted by Crippen LogP contribution is 2.25. The van der Waals surface area contributed by atoms with E-state index in [1.54, 1.807) is 36.4 Å². The minimum atomic E-state index is -0.301. The van der Waals surface area contributed by atoms with Crippen molar-refractivity contribution in [3.8, 4) is 5.82 Å². The van der Waals surface area contributed by atoms with Crippen molar-refractivity contribution in [3.63, 3.8) is 0 Å². The normalized spacial score (nSPS) is 10.8. The number of amides is 1. The number of nitrogens with one attached hydrogen (secondary N) is 2. The molecule has 162 valence electrons. The number of anilines is 3. The Morgan fingerprint density at radius 1 is 0.938 bits per heavy atom. The van der Waals surface area contributed by atoms with Crippen LogP contribution in [0.4, 0.5) is 17.5 Å². The standard InChI is InChI=1S/C22H19Cl2N7O/c1-12-8-13(2)27-22(26-12)28-17-6-4-15(5-7-17)21(32)29-19-9-14(3)30-31(19)20-18(24)10-16(23)11-25-20/h4-11H,1-3H3,(H,29,32)(H,26,27,28). The monoisotopic (exact) mass is 467 g/mol. The number of benzene rings is 1. The van der Waals surface area contributed by atoms with Gasteiger partial charge in [0.25, 0.3) is 5.91 Å². The van der Waals surface area contributed by atoms with E-state index in [4.69, 9.17) is 23.2 Å². The van der Waals surface area contributed by atoms with Crippen LogP contribution in [0.15, 0.2) is 48.7 Å². The summed E-state index contributed by atoms with van der Waals surface area (Å²) >= 11 is 12.2. The lowest BCUT2D eigenvalue weighted by Gasteiger charge is -2.10. The molecule has 0 atom stereocenters. The molecular formula is C22H19Cl2N7O. The van der Waals surface area contributed by atoms with Crippen LogP contribution in [0.25, 0.3) is 5.82 Å². The van der Waals surface area contributed by atoms with Gasteiger partial charge in [-0.3, -0.25) is 4.79 Å². The Hall–Kier alpha value is -3.49. The molecule has 0 aliphatic rings. The molecule has 32 heavy (non-hydrogen) atoms. The first-order valence-corrected chi connectivity index (χ1v) is 10.4. The maximum Gasteiger partial charge on any atom is 0.256 e. The fourth-order valence-corrected chi connectivity index (χ4v) is 3.58. The van der Waals surface area contributed by atoms with Crippen LogP contribution in [0.2, 0.25) is 10.0 Å². The summed E-state index contributed by atoms with van der Waals surface area (Å²) in [4.78, 5) is 25.8. The van der Waals surface area contributed by atoms with Crippen molar-refractivity contribution >= 4 is 46.6 Å². The number of carbonyl (C=O) groups is 1. The van der Waals surface area contributed by atoms with Crippen molar-refractivity contribution < 1.29 is 4.79 Å². The molecular weight excluding hydrogens is 449 g/mol. The first-order valence-electron chi connectivity index (χ1n) is 9.67. The second kappa shape index (κ2) is 8.94. The van der Waals surface area contributed by atoms with E-state index >= 15 is 0 Å². The van der Waals surface area contributed by atoms with Gasteiger partial charge in [-0.15, -0.1) is 0 Å². The molecule has 0 spiro atoms. The zero-order valence-electron chi connectivity index (χ0n) is 17.5. The van der Waals surface area contributed by atoms with Crippen molar-refractivity contribution in [3.05, 3.63) is 81.4 Å². The van der Waals surface area contributed by atoms with Gasteiger partial charge >= 0.3 is 0 Å². The van der Waals surface area contributed by atoms with Crippen molar-refractivity contribution in [2.24, 2.45) is 0 Å². The van der Waals surface area contributed by atoms with Crippen LogP contribution < -0.4 is 10.6 Å². The molecule has 4 rings (SSSR count). The number of hydrogen-bond donors (Lipinski definition) is 2. The lowest BCUT2D eigenvalue weighted by molar-refractivity contribution is 0.102. The molecule has 8 nitrogen and oxygen atoms in total. The highest BCUT2D eigenvalue weighted by molar-refractivity contribution is 6.35. The van der Waals surface area contributed by atoms with Gasteiger partial charge in [-0.2, -0.15) is 9.78 Å². The van der Waals surface area contributed by atoms with E-state index in [-0.39, 0.29) is 5.91 Å². The van der Waals surface area contributed by atoms with Gasteiger partial charge in [0.05, 0.1) is 15.7 Å². The smallest absolute Gasteiger partial charge is 0.256 e. The van der Waals surface area contributed by atoms with Crippen LogP contribution in [0.1, 0.15) is 27.4 Å². The van der Waals surface area contributed by atoms with E-state index in [1.807, 2.05) is 26.8 Å². The Morgan fingerprint density at radius 2 is 1.62 bits per heavy atom. The minimum absolute atomic E-state index is 0.301. The van der Waals surface area contributed by atoms with E-state index in [0.717, 1.165) is 17.1 Å². The zero-order chi connectivity index (χ0) is 22.8. The van der Waals surface area contributed by atoms with Gasteiger partial charge in [0, 0.05) is 34.9 Å². The number of rotatable bonds is 5. The summed E-state index contributed by atoms with van der Waals surface area (Å²) in [6, 6.07) is 12.2. The Kier molecular flexibility index (Phi) is 6.07. The van der Waals surface area contributed by atoms with Gasteiger partial charge in [-0.25, -0.2) is 15.0 Å². The molecule has 0 aliphatic heterocycles. The van der Waals surface area contributed by atoms with Crippen molar-refractivity contribution in [1.82, 2.24) is 24.7 Å². The maximum atomic E-state index is 12.8. The number of carbonyl (C=O) groups excluding carboxylic acids is 1. The van der Waals surface area contributed by atoms with Gasteiger partial charge in [0.1, 0.15) is 5.82 Å². The summed E-state index contributed by atoms with van der Waals surface area (Å²) in [7, 11) is 0. The molecule has 3 aromatic heterocycles. The molecule has 0 fully saturated rings. The molecule has 3 heterocycles. The van der Waals surface area contributed by atoms with Gasteiger partial charge < -0.3 is 10.6 Å². The average molecular weight is 468 g/mol. The summed E-state index contributed by atoms with van der Waals surface area (Å²) in [5, 5.41) is 11.1. The topological polar surface area (TPSA) is 97.6 Å².